The van der Waals surface area contributed by atoms with Crippen molar-refractivity contribution in [1.29, 1.82) is 5.26 Å². The van der Waals surface area contributed by atoms with E-state index in [0.717, 1.165) is 16.8 Å². The van der Waals surface area contributed by atoms with Crippen LogP contribution in [0.15, 0.2) is 24.4 Å². The summed E-state index contributed by atoms with van der Waals surface area (Å²) in [5.41, 5.74) is -1.09. The number of halogens is 4. The van der Waals surface area contributed by atoms with Gasteiger partial charge in [-0.15, -0.1) is 0 Å². The lowest BCUT2D eigenvalue weighted by atomic mass is 10.1. The lowest BCUT2D eigenvalue weighted by Crippen LogP contribution is -2.05. The first-order valence-electron chi connectivity index (χ1n) is 5.13. The molecular weight excluding hydrogens is 262 g/mol. The highest BCUT2D eigenvalue weighted by molar-refractivity contribution is 5.58. The molecule has 0 bridgehead atoms. The van der Waals surface area contributed by atoms with Crippen molar-refractivity contribution in [3.05, 3.63) is 41.5 Å². The Balaban J connectivity index is 2.54. The third-order valence-electron chi connectivity index (χ3n) is 2.51. The van der Waals surface area contributed by atoms with Crippen LogP contribution in [0, 0.1) is 17.1 Å². The Hall–Kier alpha value is -2.36. The second-order valence-electron chi connectivity index (χ2n) is 3.86. The number of nitrogens with zero attached hydrogens (tertiary/aromatic N) is 3. The Labute approximate surface area is 105 Å². The second-order valence-corrected chi connectivity index (χ2v) is 3.86. The summed E-state index contributed by atoms with van der Waals surface area (Å²) in [4.78, 5) is 3.38. The van der Waals surface area contributed by atoms with Gasteiger partial charge in [-0.05, 0) is 18.2 Å². The molecule has 98 valence electrons. The van der Waals surface area contributed by atoms with Gasteiger partial charge in [-0.3, -0.25) is 0 Å². The minimum atomic E-state index is -4.58. The maximum absolute atomic E-state index is 13.7. The predicted molar refractivity (Wildman–Crippen MR) is 58.3 cm³/mol. The highest BCUT2D eigenvalue weighted by atomic mass is 19.4. The fraction of sp³-hybridized carbons (Fsp3) is 0.167. The number of benzene rings is 1. The van der Waals surface area contributed by atoms with Gasteiger partial charge in [-0.25, -0.2) is 9.37 Å². The first-order chi connectivity index (χ1) is 8.82. The monoisotopic (exact) mass is 269 g/mol. The maximum Gasteiger partial charge on any atom is 0.434 e. The van der Waals surface area contributed by atoms with E-state index in [4.69, 9.17) is 5.26 Å². The molecule has 19 heavy (non-hydrogen) atoms. The van der Waals surface area contributed by atoms with E-state index >= 15 is 0 Å². The van der Waals surface area contributed by atoms with Crippen LogP contribution in [0.1, 0.15) is 11.3 Å². The van der Waals surface area contributed by atoms with Crippen molar-refractivity contribution in [3.8, 4) is 17.5 Å². The van der Waals surface area contributed by atoms with E-state index in [1.54, 1.807) is 6.07 Å². The molecule has 0 aliphatic carbocycles. The SMILES string of the molecule is Cn1cc(C(F)(F)F)nc1-c1ccc(C#N)cc1F. The molecule has 0 radical (unpaired) electrons. The van der Waals surface area contributed by atoms with E-state index in [-0.39, 0.29) is 17.0 Å². The third kappa shape index (κ3) is 2.42. The van der Waals surface area contributed by atoms with Crippen molar-refractivity contribution in [3.63, 3.8) is 0 Å². The first-order valence-corrected chi connectivity index (χ1v) is 5.13. The molecule has 0 aliphatic rings. The number of aromatic nitrogens is 2. The fourth-order valence-electron chi connectivity index (χ4n) is 1.62. The summed E-state index contributed by atoms with van der Waals surface area (Å²) >= 11 is 0. The normalized spacial score (nSPS) is 11.4. The molecule has 0 atom stereocenters. The van der Waals surface area contributed by atoms with Crippen LogP contribution in [0.4, 0.5) is 17.6 Å². The topological polar surface area (TPSA) is 41.6 Å². The quantitative estimate of drug-likeness (QED) is 0.746. The van der Waals surface area contributed by atoms with Crippen LogP contribution < -0.4 is 0 Å². The summed E-state index contributed by atoms with van der Waals surface area (Å²) in [6, 6.07) is 5.25. The molecule has 0 amide bonds. The van der Waals surface area contributed by atoms with Crippen LogP contribution >= 0.6 is 0 Å². The zero-order valence-corrected chi connectivity index (χ0v) is 9.66. The van der Waals surface area contributed by atoms with Crippen LogP contribution in [0.3, 0.4) is 0 Å². The molecule has 0 spiro atoms. The van der Waals surface area contributed by atoms with E-state index in [0.29, 0.717) is 0 Å². The average molecular weight is 269 g/mol. The standard InChI is InChI=1S/C12H7F4N3/c1-19-6-10(12(14,15)16)18-11(19)8-3-2-7(5-17)4-9(8)13/h2-4,6H,1H3. The zero-order chi connectivity index (χ0) is 14.2. The summed E-state index contributed by atoms with van der Waals surface area (Å²) in [7, 11) is 1.34. The number of alkyl halides is 3. The molecule has 0 fully saturated rings. The van der Waals surface area contributed by atoms with Gasteiger partial charge >= 0.3 is 6.18 Å². The van der Waals surface area contributed by atoms with Gasteiger partial charge in [0.1, 0.15) is 11.6 Å². The molecule has 3 nitrogen and oxygen atoms in total. The average Bonchev–Trinajstić information content (AvgIpc) is 2.71. The third-order valence-corrected chi connectivity index (χ3v) is 2.51. The van der Waals surface area contributed by atoms with Gasteiger partial charge in [0.25, 0.3) is 0 Å². The number of hydrogen-bond donors (Lipinski definition) is 0. The molecule has 0 saturated carbocycles. The fourth-order valence-corrected chi connectivity index (χ4v) is 1.62. The van der Waals surface area contributed by atoms with Gasteiger partial charge in [0.15, 0.2) is 5.69 Å². The van der Waals surface area contributed by atoms with Crippen LogP contribution in [0.2, 0.25) is 0 Å². The van der Waals surface area contributed by atoms with E-state index in [9.17, 15) is 17.6 Å². The molecule has 2 rings (SSSR count). The summed E-state index contributed by atoms with van der Waals surface area (Å²) in [6.45, 7) is 0. The molecule has 1 heterocycles. The molecule has 0 saturated heterocycles. The second kappa shape index (κ2) is 4.39. The lowest BCUT2D eigenvalue weighted by molar-refractivity contribution is -0.140. The largest absolute Gasteiger partial charge is 0.434 e. The van der Waals surface area contributed by atoms with E-state index < -0.39 is 17.7 Å². The number of rotatable bonds is 1. The highest BCUT2D eigenvalue weighted by Crippen LogP contribution is 2.31. The molecule has 2 aromatic rings. The van der Waals surface area contributed by atoms with Crippen molar-refractivity contribution in [2.45, 2.75) is 6.18 Å². The summed E-state index contributed by atoms with van der Waals surface area (Å²) in [5, 5.41) is 8.60. The molecular formula is C12H7F4N3. The Bertz CT molecular complexity index is 665. The minimum Gasteiger partial charge on any atom is -0.333 e. The molecule has 0 N–H and O–H groups in total. The van der Waals surface area contributed by atoms with Gasteiger partial charge in [0.2, 0.25) is 0 Å². The summed E-state index contributed by atoms with van der Waals surface area (Å²) in [6.07, 6.45) is -3.80. The van der Waals surface area contributed by atoms with Crippen LogP contribution in [-0.2, 0) is 13.2 Å². The molecule has 0 unspecified atom stereocenters. The van der Waals surface area contributed by atoms with Crippen molar-refractivity contribution >= 4 is 0 Å². The first kappa shape index (κ1) is 13.1. The smallest absolute Gasteiger partial charge is 0.333 e. The van der Waals surface area contributed by atoms with Gasteiger partial charge < -0.3 is 4.57 Å². The lowest BCUT2D eigenvalue weighted by Gasteiger charge is -2.03. The van der Waals surface area contributed by atoms with Crippen molar-refractivity contribution in [2.75, 3.05) is 0 Å². The van der Waals surface area contributed by atoms with Gasteiger partial charge in [-0.1, -0.05) is 0 Å². The van der Waals surface area contributed by atoms with E-state index in [1.807, 2.05) is 0 Å². The van der Waals surface area contributed by atoms with Crippen molar-refractivity contribution in [1.82, 2.24) is 9.55 Å². The van der Waals surface area contributed by atoms with Crippen LogP contribution in [0.25, 0.3) is 11.4 Å². The predicted octanol–water partition coefficient (Wildman–Crippen LogP) is 3.12. The van der Waals surface area contributed by atoms with E-state index in [1.165, 1.54) is 19.2 Å². The summed E-state index contributed by atoms with van der Waals surface area (Å²) in [5.74, 6) is -0.934. The number of aryl methyl sites for hydroxylation is 1. The van der Waals surface area contributed by atoms with Gasteiger partial charge in [0, 0.05) is 13.2 Å². The number of imidazole rings is 1. The zero-order valence-electron chi connectivity index (χ0n) is 9.66. The Morgan fingerprint density at radius 1 is 1.32 bits per heavy atom. The Morgan fingerprint density at radius 2 is 2.00 bits per heavy atom. The van der Waals surface area contributed by atoms with Gasteiger partial charge in [0.05, 0.1) is 17.2 Å². The Kier molecular flexibility index (Phi) is 3.02. The Morgan fingerprint density at radius 3 is 2.47 bits per heavy atom. The maximum atomic E-state index is 13.7. The van der Waals surface area contributed by atoms with Gasteiger partial charge in [-0.2, -0.15) is 18.4 Å². The van der Waals surface area contributed by atoms with Crippen LogP contribution in [-0.4, -0.2) is 9.55 Å². The molecule has 7 heteroatoms. The molecule has 0 aliphatic heterocycles. The van der Waals surface area contributed by atoms with E-state index in [2.05, 4.69) is 4.98 Å². The highest BCUT2D eigenvalue weighted by Gasteiger charge is 2.34. The number of hydrogen-bond acceptors (Lipinski definition) is 2. The molecule has 1 aromatic carbocycles. The van der Waals surface area contributed by atoms with Crippen molar-refractivity contribution in [2.24, 2.45) is 7.05 Å². The number of nitriles is 1. The summed E-state index contributed by atoms with van der Waals surface area (Å²) < 4.78 is 52.3. The van der Waals surface area contributed by atoms with Crippen LogP contribution in [0.5, 0.6) is 0 Å². The molecule has 1 aromatic heterocycles. The van der Waals surface area contributed by atoms with Crippen molar-refractivity contribution < 1.29 is 17.6 Å². The minimum absolute atomic E-state index is 0.0861.